The number of guanidine groups is 2. The van der Waals surface area contributed by atoms with Crippen molar-refractivity contribution in [2.45, 2.75) is 46.6 Å². The van der Waals surface area contributed by atoms with Crippen molar-refractivity contribution < 1.29 is 0 Å². The first-order chi connectivity index (χ1) is 6.58. The Morgan fingerprint density at radius 3 is 1.56 bits per heavy atom. The lowest BCUT2D eigenvalue weighted by atomic mass is 9.71. The number of halogens is 1. The molecule has 0 aliphatic rings. The van der Waals surface area contributed by atoms with Gasteiger partial charge in [-0.25, -0.2) is 0 Å². The van der Waals surface area contributed by atoms with E-state index in [0.29, 0.717) is 0 Å². The molecule has 0 rings (SSSR count). The molecule has 0 aromatic rings. The van der Waals surface area contributed by atoms with Crippen LogP contribution in [0.5, 0.6) is 0 Å². The van der Waals surface area contributed by atoms with Crippen LogP contribution in [0.25, 0.3) is 0 Å². The first-order valence-corrected chi connectivity index (χ1v) is 5.06. The maximum absolute atomic E-state index is 7.48. The van der Waals surface area contributed by atoms with Crippen molar-refractivity contribution in [3.8, 4) is 0 Å². The van der Waals surface area contributed by atoms with E-state index in [1.165, 1.54) is 4.90 Å². The standard InChI is InChI=1S/C10H23N5.ClH/c1-6-9(2,3)10(4,5)15(7(11)12)8(13)14;/h6H2,1-5H3,(H3,11,12)(H3,13,14);1H. The quantitative estimate of drug-likeness (QED) is 0.452. The Morgan fingerprint density at radius 1 is 1.06 bits per heavy atom. The third kappa shape index (κ3) is 3.01. The van der Waals surface area contributed by atoms with Gasteiger partial charge in [0.1, 0.15) is 0 Å². The van der Waals surface area contributed by atoms with Gasteiger partial charge in [0.25, 0.3) is 0 Å². The van der Waals surface area contributed by atoms with Gasteiger partial charge in [0.15, 0.2) is 11.9 Å². The minimum atomic E-state index is -0.459. The molecule has 0 bridgehead atoms. The van der Waals surface area contributed by atoms with Crippen molar-refractivity contribution >= 4 is 24.3 Å². The van der Waals surface area contributed by atoms with Gasteiger partial charge in [0.05, 0.1) is 5.54 Å². The fourth-order valence-electron chi connectivity index (χ4n) is 1.47. The molecule has 0 spiro atoms. The largest absolute Gasteiger partial charge is 0.370 e. The second kappa shape index (κ2) is 5.39. The third-order valence-electron chi connectivity index (χ3n) is 3.58. The highest BCUT2D eigenvalue weighted by molar-refractivity contribution is 5.95. The zero-order valence-electron chi connectivity index (χ0n) is 10.7. The summed E-state index contributed by atoms with van der Waals surface area (Å²) in [6, 6.07) is 0. The van der Waals surface area contributed by atoms with Gasteiger partial charge in [-0.2, -0.15) is 0 Å². The fraction of sp³-hybridized carbons (Fsp3) is 0.800. The Hall–Kier alpha value is -0.970. The van der Waals surface area contributed by atoms with Crippen molar-refractivity contribution in [1.82, 2.24) is 4.90 Å². The van der Waals surface area contributed by atoms with Gasteiger partial charge in [0, 0.05) is 0 Å². The van der Waals surface area contributed by atoms with Crippen LogP contribution in [-0.2, 0) is 0 Å². The lowest BCUT2D eigenvalue weighted by Crippen LogP contribution is -2.62. The Kier molecular flexibility index (Phi) is 5.87. The van der Waals surface area contributed by atoms with Crippen LogP contribution in [0.2, 0.25) is 0 Å². The Bertz CT molecular complexity index is 258. The van der Waals surface area contributed by atoms with Crippen LogP contribution in [0.4, 0.5) is 0 Å². The second-order valence-electron chi connectivity index (χ2n) is 4.90. The monoisotopic (exact) mass is 249 g/mol. The number of nitrogens with zero attached hydrogens (tertiary/aromatic N) is 1. The Labute approximate surface area is 104 Å². The molecule has 0 saturated heterocycles. The molecule has 16 heavy (non-hydrogen) atoms. The molecule has 0 fully saturated rings. The normalized spacial score (nSPS) is 11.6. The maximum Gasteiger partial charge on any atom is 0.195 e. The number of nitrogens with one attached hydrogen (secondary N) is 2. The van der Waals surface area contributed by atoms with Crippen LogP contribution >= 0.6 is 12.4 Å². The van der Waals surface area contributed by atoms with Crippen LogP contribution in [0, 0.1) is 16.2 Å². The zero-order valence-corrected chi connectivity index (χ0v) is 11.5. The lowest BCUT2D eigenvalue weighted by Gasteiger charge is -2.48. The van der Waals surface area contributed by atoms with E-state index in [1.54, 1.807) is 0 Å². The molecule has 0 atom stereocenters. The summed E-state index contributed by atoms with van der Waals surface area (Å²) in [4.78, 5) is 1.36. The van der Waals surface area contributed by atoms with Crippen molar-refractivity contribution in [3.05, 3.63) is 0 Å². The minimum Gasteiger partial charge on any atom is -0.370 e. The molecule has 0 radical (unpaired) electrons. The Balaban J connectivity index is 0. The van der Waals surface area contributed by atoms with Crippen LogP contribution in [0.1, 0.15) is 41.0 Å². The predicted molar refractivity (Wildman–Crippen MR) is 71.1 cm³/mol. The van der Waals surface area contributed by atoms with Gasteiger partial charge in [0.2, 0.25) is 0 Å². The van der Waals surface area contributed by atoms with Crippen LogP contribution in [0.15, 0.2) is 0 Å². The summed E-state index contributed by atoms with van der Waals surface area (Å²) in [5.41, 5.74) is 10.4. The molecule has 0 unspecified atom stereocenters. The van der Waals surface area contributed by atoms with Gasteiger partial charge in [-0.15, -0.1) is 12.4 Å². The van der Waals surface area contributed by atoms with Crippen LogP contribution in [0.3, 0.4) is 0 Å². The molecule has 96 valence electrons. The summed E-state index contributed by atoms with van der Waals surface area (Å²) in [6.07, 6.45) is 0.914. The van der Waals surface area contributed by atoms with E-state index in [2.05, 4.69) is 20.8 Å². The average molecular weight is 250 g/mol. The number of rotatable bonds is 3. The molecule has 0 aromatic carbocycles. The average Bonchev–Trinajstić information content (AvgIpc) is 2.01. The smallest absolute Gasteiger partial charge is 0.195 e. The number of nitrogens with two attached hydrogens (primary N) is 2. The third-order valence-corrected chi connectivity index (χ3v) is 3.58. The maximum atomic E-state index is 7.48. The molecule has 0 aliphatic heterocycles. The van der Waals surface area contributed by atoms with Gasteiger partial charge >= 0.3 is 0 Å². The number of hydrogen-bond acceptors (Lipinski definition) is 2. The van der Waals surface area contributed by atoms with Crippen molar-refractivity contribution in [2.24, 2.45) is 16.9 Å². The van der Waals surface area contributed by atoms with E-state index in [0.717, 1.165) is 6.42 Å². The van der Waals surface area contributed by atoms with Crippen LogP contribution < -0.4 is 11.5 Å². The van der Waals surface area contributed by atoms with Crippen molar-refractivity contribution in [2.75, 3.05) is 0 Å². The van der Waals surface area contributed by atoms with Gasteiger partial charge in [-0.3, -0.25) is 15.7 Å². The van der Waals surface area contributed by atoms with E-state index >= 15 is 0 Å². The van der Waals surface area contributed by atoms with Gasteiger partial charge in [-0.05, 0) is 25.7 Å². The van der Waals surface area contributed by atoms with Crippen LogP contribution in [-0.4, -0.2) is 22.4 Å². The molecule has 5 nitrogen and oxygen atoms in total. The molecule has 0 heterocycles. The highest BCUT2D eigenvalue weighted by Crippen LogP contribution is 2.38. The first-order valence-electron chi connectivity index (χ1n) is 5.06. The van der Waals surface area contributed by atoms with E-state index in [1.807, 2.05) is 13.8 Å². The number of hydrogen-bond donors (Lipinski definition) is 4. The molecule has 0 aliphatic carbocycles. The molecule has 0 aromatic heterocycles. The van der Waals surface area contributed by atoms with Gasteiger partial charge < -0.3 is 11.5 Å². The second-order valence-corrected chi connectivity index (χ2v) is 4.90. The summed E-state index contributed by atoms with van der Waals surface area (Å²) < 4.78 is 0. The topological polar surface area (TPSA) is 103 Å². The summed E-state index contributed by atoms with van der Waals surface area (Å²) in [6.45, 7) is 10.1. The summed E-state index contributed by atoms with van der Waals surface area (Å²) >= 11 is 0. The molecular weight excluding hydrogens is 226 g/mol. The predicted octanol–water partition coefficient (Wildman–Crippen LogP) is 1.71. The van der Waals surface area contributed by atoms with E-state index in [4.69, 9.17) is 22.3 Å². The van der Waals surface area contributed by atoms with Gasteiger partial charge in [-0.1, -0.05) is 20.8 Å². The van der Waals surface area contributed by atoms with Crippen molar-refractivity contribution in [3.63, 3.8) is 0 Å². The molecule has 0 amide bonds. The van der Waals surface area contributed by atoms with Crippen molar-refractivity contribution in [1.29, 1.82) is 10.8 Å². The zero-order chi connectivity index (χ0) is 12.4. The fourth-order valence-corrected chi connectivity index (χ4v) is 1.47. The Morgan fingerprint density at radius 2 is 1.38 bits per heavy atom. The summed E-state index contributed by atoms with van der Waals surface area (Å²) in [5, 5.41) is 15.0. The highest BCUT2D eigenvalue weighted by atomic mass is 35.5. The molecule has 6 N–H and O–H groups in total. The molecule has 0 saturated carbocycles. The SMILES string of the molecule is CCC(C)(C)C(C)(C)N(C(=N)N)C(=N)N.Cl. The summed E-state index contributed by atoms with van der Waals surface area (Å²) in [5.74, 6) is -0.372. The molecule has 6 heteroatoms. The molecular formula is C10H24ClN5. The van der Waals surface area contributed by atoms with E-state index in [-0.39, 0.29) is 29.7 Å². The minimum absolute atomic E-state index is 0. The highest BCUT2D eigenvalue weighted by Gasteiger charge is 2.42. The lowest BCUT2D eigenvalue weighted by molar-refractivity contribution is 0.101. The van der Waals surface area contributed by atoms with E-state index in [9.17, 15) is 0 Å². The van der Waals surface area contributed by atoms with E-state index < -0.39 is 5.54 Å². The summed E-state index contributed by atoms with van der Waals surface area (Å²) in [7, 11) is 0. The first kappa shape index (κ1) is 17.4.